The number of nitrogens with one attached hydrogen (secondary N) is 1. The van der Waals surface area contributed by atoms with Gasteiger partial charge in [-0.2, -0.15) is 4.39 Å². The van der Waals surface area contributed by atoms with Crippen LogP contribution in [0.25, 0.3) is 0 Å². The highest BCUT2D eigenvalue weighted by molar-refractivity contribution is 9.10. The molecule has 0 unspecified atom stereocenters. The lowest BCUT2D eigenvalue weighted by molar-refractivity contribution is 0.413. The molecule has 2 aromatic rings. The van der Waals surface area contributed by atoms with Crippen LogP contribution in [0.15, 0.2) is 34.8 Å². The molecule has 0 fully saturated rings. The molecule has 0 amide bonds. The van der Waals surface area contributed by atoms with Gasteiger partial charge in [-0.25, -0.2) is 4.39 Å². The molecule has 0 heterocycles. The fourth-order valence-electron chi connectivity index (χ4n) is 1.93. The molecule has 2 nitrogen and oxygen atoms in total. The van der Waals surface area contributed by atoms with Crippen molar-refractivity contribution < 1.29 is 13.5 Å². The van der Waals surface area contributed by atoms with Crippen LogP contribution in [0, 0.1) is 18.6 Å². The molecule has 0 aliphatic rings. The van der Waals surface area contributed by atoms with E-state index in [4.69, 9.17) is 4.74 Å². The molecule has 0 saturated carbocycles. The molecular weight excluding hydrogens is 340 g/mol. The van der Waals surface area contributed by atoms with Crippen LogP contribution in [0.5, 0.6) is 11.5 Å². The van der Waals surface area contributed by atoms with Crippen molar-refractivity contribution in [3.63, 3.8) is 0 Å². The van der Waals surface area contributed by atoms with Gasteiger partial charge in [0.25, 0.3) is 0 Å². The Balaban J connectivity index is 2.24. The average molecular weight is 356 g/mol. The summed E-state index contributed by atoms with van der Waals surface area (Å²) in [4.78, 5) is 0. The van der Waals surface area contributed by atoms with Crippen LogP contribution in [0.2, 0.25) is 0 Å². The van der Waals surface area contributed by atoms with E-state index < -0.39 is 11.6 Å². The molecule has 112 valence electrons. The van der Waals surface area contributed by atoms with Crippen molar-refractivity contribution in [2.75, 3.05) is 6.54 Å². The quantitative estimate of drug-likeness (QED) is 0.767. The summed E-state index contributed by atoms with van der Waals surface area (Å²) in [6.45, 7) is 5.56. The van der Waals surface area contributed by atoms with Crippen molar-refractivity contribution in [3.8, 4) is 11.5 Å². The number of aryl methyl sites for hydroxylation is 1. The Morgan fingerprint density at radius 3 is 2.57 bits per heavy atom. The van der Waals surface area contributed by atoms with Gasteiger partial charge < -0.3 is 10.1 Å². The van der Waals surface area contributed by atoms with Gasteiger partial charge in [0.05, 0.1) is 0 Å². The first-order chi connectivity index (χ1) is 10.0. The molecule has 0 spiro atoms. The van der Waals surface area contributed by atoms with Crippen LogP contribution >= 0.6 is 15.9 Å². The zero-order valence-corrected chi connectivity index (χ0v) is 13.4. The summed E-state index contributed by atoms with van der Waals surface area (Å²) in [6, 6.07) is 8.10. The summed E-state index contributed by atoms with van der Waals surface area (Å²) in [5.74, 6) is -1.56. The first kappa shape index (κ1) is 15.9. The SMILES string of the molecule is CCNCc1ccc(Oc2cc(Br)cc(F)c2F)c(C)c1. The largest absolute Gasteiger partial charge is 0.454 e. The number of benzene rings is 2. The third-order valence-corrected chi connectivity index (χ3v) is 3.46. The molecule has 2 aromatic carbocycles. The second-order valence-corrected chi connectivity index (χ2v) is 5.60. The molecule has 0 atom stereocenters. The predicted octanol–water partition coefficient (Wildman–Crippen LogP) is 4.94. The Bertz CT molecular complexity index is 646. The maximum atomic E-state index is 13.7. The second-order valence-electron chi connectivity index (χ2n) is 4.68. The first-order valence-electron chi connectivity index (χ1n) is 6.64. The average Bonchev–Trinajstić information content (AvgIpc) is 2.44. The second kappa shape index (κ2) is 7.00. The number of hydrogen-bond acceptors (Lipinski definition) is 2. The summed E-state index contributed by atoms with van der Waals surface area (Å²) < 4.78 is 33.0. The van der Waals surface area contributed by atoms with Gasteiger partial charge in [-0.15, -0.1) is 0 Å². The highest BCUT2D eigenvalue weighted by atomic mass is 79.9. The van der Waals surface area contributed by atoms with Crippen LogP contribution in [-0.4, -0.2) is 6.54 Å². The molecule has 0 aromatic heterocycles. The van der Waals surface area contributed by atoms with E-state index in [-0.39, 0.29) is 5.75 Å². The van der Waals surface area contributed by atoms with E-state index in [1.54, 1.807) is 6.07 Å². The van der Waals surface area contributed by atoms with Crippen LogP contribution in [0.4, 0.5) is 8.78 Å². The van der Waals surface area contributed by atoms with Gasteiger partial charge in [-0.3, -0.25) is 0 Å². The van der Waals surface area contributed by atoms with E-state index in [1.165, 1.54) is 6.07 Å². The Labute approximate surface area is 131 Å². The Kier molecular flexibility index (Phi) is 5.31. The molecule has 0 aliphatic heterocycles. The summed E-state index contributed by atoms with van der Waals surface area (Å²) >= 11 is 3.12. The molecule has 0 saturated heterocycles. The van der Waals surface area contributed by atoms with Crippen LogP contribution in [0.1, 0.15) is 18.1 Å². The normalized spacial score (nSPS) is 10.7. The predicted molar refractivity (Wildman–Crippen MR) is 82.7 cm³/mol. The van der Waals surface area contributed by atoms with Crippen molar-refractivity contribution in [1.82, 2.24) is 5.32 Å². The first-order valence-corrected chi connectivity index (χ1v) is 7.43. The number of ether oxygens (including phenoxy) is 1. The van der Waals surface area contributed by atoms with Crippen molar-refractivity contribution in [1.29, 1.82) is 0 Å². The molecule has 0 radical (unpaired) electrons. The fourth-order valence-corrected chi connectivity index (χ4v) is 2.34. The summed E-state index contributed by atoms with van der Waals surface area (Å²) in [5.41, 5.74) is 1.98. The third kappa shape index (κ3) is 4.02. The van der Waals surface area contributed by atoms with E-state index in [0.717, 1.165) is 30.3 Å². The maximum Gasteiger partial charge on any atom is 0.201 e. The minimum Gasteiger partial charge on any atom is -0.454 e. The molecule has 2 rings (SSSR count). The van der Waals surface area contributed by atoms with Crippen molar-refractivity contribution in [3.05, 3.63) is 57.6 Å². The summed E-state index contributed by atoms with van der Waals surface area (Å²) in [6.07, 6.45) is 0. The van der Waals surface area contributed by atoms with Crippen LogP contribution in [-0.2, 0) is 6.54 Å². The van der Waals surface area contributed by atoms with Gasteiger partial charge >= 0.3 is 0 Å². The highest BCUT2D eigenvalue weighted by Crippen LogP contribution is 2.31. The highest BCUT2D eigenvalue weighted by Gasteiger charge is 2.13. The van der Waals surface area contributed by atoms with Gasteiger partial charge in [-0.1, -0.05) is 35.0 Å². The van der Waals surface area contributed by atoms with Gasteiger partial charge in [0.15, 0.2) is 11.6 Å². The lowest BCUT2D eigenvalue weighted by Crippen LogP contribution is -2.11. The van der Waals surface area contributed by atoms with Gasteiger partial charge in [0.1, 0.15) is 5.75 Å². The minimum atomic E-state index is -0.991. The van der Waals surface area contributed by atoms with Crippen molar-refractivity contribution in [2.24, 2.45) is 0 Å². The van der Waals surface area contributed by atoms with Crippen LogP contribution in [0.3, 0.4) is 0 Å². The monoisotopic (exact) mass is 355 g/mol. The van der Waals surface area contributed by atoms with E-state index >= 15 is 0 Å². The van der Waals surface area contributed by atoms with Crippen molar-refractivity contribution in [2.45, 2.75) is 20.4 Å². The molecule has 5 heteroatoms. The number of halogens is 3. The lowest BCUT2D eigenvalue weighted by atomic mass is 10.1. The Hall–Kier alpha value is -1.46. The third-order valence-electron chi connectivity index (χ3n) is 3.00. The standard InChI is InChI=1S/C16H16BrF2NO/c1-3-20-9-11-4-5-14(10(2)6-11)21-15-8-12(17)7-13(18)16(15)19/h4-8,20H,3,9H2,1-2H3. The number of hydrogen-bond donors (Lipinski definition) is 1. The lowest BCUT2D eigenvalue weighted by Gasteiger charge is -2.12. The smallest absolute Gasteiger partial charge is 0.201 e. The zero-order chi connectivity index (χ0) is 15.4. The fraction of sp³-hybridized carbons (Fsp3) is 0.250. The molecule has 0 bridgehead atoms. The molecule has 21 heavy (non-hydrogen) atoms. The van der Waals surface area contributed by atoms with Gasteiger partial charge in [-0.05, 0) is 42.8 Å². The van der Waals surface area contributed by atoms with E-state index in [0.29, 0.717) is 10.2 Å². The van der Waals surface area contributed by atoms with Gasteiger partial charge in [0.2, 0.25) is 5.82 Å². The van der Waals surface area contributed by atoms with Crippen molar-refractivity contribution >= 4 is 15.9 Å². The topological polar surface area (TPSA) is 21.3 Å². The maximum absolute atomic E-state index is 13.7. The van der Waals surface area contributed by atoms with E-state index in [9.17, 15) is 8.78 Å². The Morgan fingerprint density at radius 1 is 1.14 bits per heavy atom. The summed E-state index contributed by atoms with van der Waals surface area (Å²) in [5, 5.41) is 3.23. The van der Waals surface area contributed by atoms with Crippen LogP contribution < -0.4 is 10.1 Å². The zero-order valence-electron chi connectivity index (χ0n) is 11.8. The number of rotatable bonds is 5. The molecule has 1 N–H and O–H groups in total. The molecular formula is C16H16BrF2NO. The van der Waals surface area contributed by atoms with Gasteiger partial charge in [0, 0.05) is 11.0 Å². The van der Waals surface area contributed by atoms with E-state index in [2.05, 4.69) is 21.2 Å². The van der Waals surface area contributed by atoms with E-state index in [1.807, 2.05) is 26.0 Å². The minimum absolute atomic E-state index is 0.135. The summed E-state index contributed by atoms with van der Waals surface area (Å²) in [7, 11) is 0. The molecule has 0 aliphatic carbocycles. The Morgan fingerprint density at radius 2 is 1.90 bits per heavy atom.